The van der Waals surface area contributed by atoms with Gasteiger partial charge in [0.05, 0.1) is 23.1 Å². The highest BCUT2D eigenvalue weighted by Crippen LogP contribution is 2.32. The van der Waals surface area contributed by atoms with E-state index in [0.29, 0.717) is 18.5 Å². The van der Waals surface area contributed by atoms with E-state index in [1.54, 1.807) is 12.1 Å². The molecule has 1 fully saturated rings. The fourth-order valence-electron chi connectivity index (χ4n) is 2.76. The number of fused-ring (bicyclic) bond motifs is 1. The molecule has 0 unspecified atom stereocenters. The van der Waals surface area contributed by atoms with Gasteiger partial charge < -0.3 is 5.11 Å². The first kappa shape index (κ1) is 13.4. The summed E-state index contributed by atoms with van der Waals surface area (Å²) in [5.41, 5.74) is 3.00. The molecule has 1 aromatic carbocycles. The molecular formula is C15H14N2O4. The molecule has 21 heavy (non-hydrogen) atoms. The van der Waals surface area contributed by atoms with E-state index in [9.17, 15) is 14.4 Å². The van der Waals surface area contributed by atoms with Gasteiger partial charge >= 0.3 is 5.97 Å². The molecule has 0 spiro atoms. The van der Waals surface area contributed by atoms with Gasteiger partial charge in [0, 0.05) is 0 Å². The van der Waals surface area contributed by atoms with Gasteiger partial charge in [-0.15, -0.1) is 0 Å². The number of nitrogens with zero attached hydrogens (tertiary/aromatic N) is 1. The van der Waals surface area contributed by atoms with Gasteiger partial charge in [-0.1, -0.05) is 18.2 Å². The standard InChI is InChI=1S/C15H14N2O4/c18-13-11-6-1-2-7-12(11)14(19)17(16-13)10-5-3-4-9(8-10)15(20)21/h1-5,8,11-12H,6-7H2,(H,16,18)(H,20,21)/t11-,12+/m0/s1. The molecule has 6 heteroatoms. The molecule has 1 aromatic rings. The molecule has 2 amide bonds. The number of allylic oxidation sites excluding steroid dienone is 2. The Hall–Kier alpha value is -2.63. The number of carbonyl (C=O) groups excluding carboxylic acids is 2. The Morgan fingerprint density at radius 1 is 1.19 bits per heavy atom. The Balaban J connectivity index is 1.94. The molecule has 1 aliphatic heterocycles. The molecule has 3 rings (SSSR count). The molecule has 1 aliphatic carbocycles. The second kappa shape index (κ2) is 5.05. The molecule has 1 heterocycles. The van der Waals surface area contributed by atoms with Crippen molar-refractivity contribution in [3.05, 3.63) is 42.0 Å². The van der Waals surface area contributed by atoms with Crippen LogP contribution in [0.1, 0.15) is 23.2 Å². The van der Waals surface area contributed by atoms with Crippen molar-refractivity contribution in [1.29, 1.82) is 0 Å². The van der Waals surface area contributed by atoms with Crippen molar-refractivity contribution in [2.75, 3.05) is 5.01 Å². The van der Waals surface area contributed by atoms with Crippen LogP contribution in [0.2, 0.25) is 0 Å². The lowest BCUT2D eigenvalue weighted by atomic mass is 9.80. The van der Waals surface area contributed by atoms with Crippen molar-refractivity contribution >= 4 is 23.5 Å². The summed E-state index contributed by atoms with van der Waals surface area (Å²) in [6, 6.07) is 5.96. The first-order valence-corrected chi connectivity index (χ1v) is 6.71. The predicted octanol–water partition coefficient (Wildman–Crippen LogP) is 1.34. The Morgan fingerprint density at radius 3 is 2.62 bits per heavy atom. The van der Waals surface area contributed by atoms with Crippen LogP contribution in [0, 0.1) is 11.8 Å². The fourth-order valence-corrected chi connectivity index (χ4v) is 2.76. The van der Waals surface area contributed by atoms with E-state index in [1.807, 2.05) is 12.2 Å². The maximum absolute atomic E-state index is 12.5. The number of carboxylic acids is 1. The summed E-state index contributed by atoms with van der Waals surface area (Å²) in [6.45, 7) is 0. The Bertz CT molecular complexity index is 653. The number of hydrogen-bond acceptors (Lipinski definition) is 3. The Labute approximate surface area is 121 Å². The lowest BCUT2D eigenvalue weighted by Crippen LogP contribution is -2.59. The van der Waals surface area contributed by atoms with E-state index in [-0.39, 0.29) is 29.2 Å². The summed E-state index contributed by atoms with van der Waals surface area (Å²) >= 11 is 0. The van der Waals surface area contributed by atoms with E-state index >= 15 is 0 Å². The lowest BCUT2D eigenvalue weighted by molar-refractivity contribution is -0.139. The van der Waals surface area contributed by atoms with Gasteiger partial charge in [0.1, 0.15) is 0 Å². The van der Waals surface area contributed by atoms with Crippen LogP contribution in [0.4, 0.5) is 5.69 Å². The average Bonchev–Trinajstić information content (AvgIpc) is 2.51. The summed E-state index contributed by atoms with van der Waals surface area (Å²) in [5, 5.41) is 10.2. The van der Waals surface area contributed by atoms with Gasteiger partial charge in [0.25, 0.3) is 0 Å². The second-order valence-corrected chi connectivity index (χ2v) is 5.16. The highest BCUT2D eigenvalue weighted by Gasteiger charge is 2.42. The number of hydrogen-bond donors (Lipinski definition) is 2. The molecule has 0 saturated carbocycles. The van der Waals surface area contributed by atoms with Crippen LogP contribution in [0.5, 0.6) is 0 Å². The number of amides is 2. The van der Waals surface area contributed by atoms with Crippen LogP contribution < -0.4 is 10.4 Å². The van der Waals surface area contributed by atoms with Gasteiger partial charge in [-0.3, -0.25) is 15.0 Å². The SMILES string of the molecule is O=C(O)c1cccc(N2NC(=O)[C@H]3CC=CC[C@H]3C2=O)c1. The normalized spacial score (nSPS) is 24.5. The minimum Gasteiger partial charge on any atom is -0.478 e. The quantitative estimate of drug-likeness (QED) is 0.803. The van der Waals surface area contributed by atoms with E-state index in [4.69, 9.17) is 5.11 Å². The van der Waals surface area contributed by atoms with E-state index in [1.165, 1.54) is 12.1 Å². The number of anilines is 1. The number of rotatable bonds is 2. The number of nitrogens with one attached hydrogen (secondary N) is 1. The van der Waals surface area contributed by atoms with Gasteiger partial charge in [-0.25, -0.2) is 9.80 Å². The molecule has 0 bridgehead atoms. The van der Waals surface area contributed by atoms with Crippen LogP contribution in [-0.2, 0) is 9.59 Å². The lowest BCUT2D eigenvalue weighted by Gasteiger charge is -2.38. The number of carboxylic acid groups (broad SMARTS) is 1. The van der Waals surface area contributed by atoms with Gasteiger partial charge in [-0.2, -0.15) is 0 Å². The van der Waals surface area contributed by atoms with Gasteiger partial charge in [-0.05, 0) is 31.0 Å². The van der Waals surface area contributed by atoms with Crippen molar-refractivity contribution in [2.24, 2.45) is 11.8 Å². The monoisotopic (exact) mass is 286 g/mol. The predicted molar refractivity (Wildman–Crippen MR) is 74.4 cm³/mol. The maximum Gasteiger partial charge on any atom is 0.335 e. The largest absolute Gasteiger partial charge is 0.478 e. The third-order valence-electron chi connectivity index (χ3n) is 3.88. The third-order valence-corrected chi connectivity index (χ3v) is 3.88. The first-order valence-electron chi connectivity index (χ1n) is 6.71. The molecule has 1 saturated heterocycles. The van der Waals surface area contributed by atoms with Crippen LogP contribution >= 0.6 is 0 Å². The second-order valence-electron chi connectivity index (χ2n) is 5.16. The molecular weight excluding hydrogens is 272 g/mol. The minimum atomic E-state index is -1.08. The first-order chi connectivity index (χ1) is 10.1. The maximum atomic E-state index is 12.5. The molecule has 108 valence electrons. The zero-order chi connectivity index (χ0) is 15.0. The number of aromatic carboxylic acids is 1. The summed E-state index contributed by atoms with van der Waals surface area (Å²) in [5.74, 6) is -2.19. The minimum absolute atomic E-state index is 0.0696. The van der Waals surface area contributed by atoms with Crippen molar-refractivity contribution in [3.63, 3.8) is 0 Å². The van der Waals surface area contributed by atoms with Gasteiger partial charge in [0.15, 0.2) is 0 Å². The molecule has 2 atom stereocenters. The van der Waals surface area contributed by atoms with Crippen molar-refractivity contribution in [1.82, 2.24) is 5.43 Å². The molecule has 2 aliphatic rings. The van der Waals surface area contributed by atoms with E-state index < -0.39 is 5.97 Å². The summed E-state index contributed by atoms with van der Waals surface area (Å²) < 4.78 is 0. The van der Waals surface area contributed by atoms with Crippen LogP contribution in [0.25, 0.3) is 0 Å². The van der Waals surface area contributed by atoms with Crippen molar-refractivity contribution < 1.29 is 19.5 Å². The molecule has 0 radical (unpaired) electrons. The van der Waals surface area contributed by atoms with Crippen LogP contribution in [0.3, 0.4) is 0 Å². The van der Waals surface area contributed by atoms with Crippen molar-refractivity contribution in [2.45, 2.75) is 12.8 Å². The zero-order valence-electron chi connectivity index (χ0n) is 11.2. The van der Waals surface area contributed by atoms with Crippen LogP contribution in [-0.4, -0.2) is 22.9 Å². The Kier molecular flexibility index (Phi) is 3.21. The number of carbonyl (C=O) groups is 3. The summed E-state index contributed by atoms with van der Waals surface area (Å²) in [4.78, 5) is 35.6. The topological polar surface area (TPSA) is 86.7 Å². The Morgan fingerprint density at radius 2 is 1.90 bits per heavy atom. The number of benzene rings is 1. The zero-order valence-corrected chi connectivity index (χ0v) is 11.2. The number of hydrazine groups is 1. The van der Waals surface area contributed by atoms with Crippen molar-refractivity contribution in [3.8, 4) is 0 Å². The average molecular weight is 286 g/mol. The van der Waals surface area contributed by atoms with Crippen LogP contribution in [0.15, 0.2) is 36.4 Å². The van der Waals surface area contributed by atoms with E-state index in [0.717, 1.165) is 5.01 Å². The molecule has 2 N–H and O–H groups in total. The highest BCUT2D eigenvalue weighted by molar-refractivity contribution is 6.04. The third kappa shape index (κ3) is 2.29. The highest BCUT2D eigenvalue weighted by atomic mass is 16.4. The molecule has 6 nitrogen and oxygen atoms in total. The fraction of sp³-hybridized carbons (Fsp3) is 0.267. The molecule has 0 aromatic heterocycles. The van der Waals surface area contributed by atoms with Gasteiger partial charge in [0.2, 0.25) is 11.8 Å². The summed E-state index contributed by atoms with van der Waals surface area (Å²) in [6.07, 6.45) is 4.91. The summed E-state index contributed by atoms with van der Waals surface area (Å²) in [7, 11) is 0. The smallest absolute Gasteiger partial charge is 0.335 e. The van der Waals surface area contributed by atoms with E-state index in [2.05, 4.69) is 5.43 Å².